The molecule has 0 radical (unpaired) electrons. The molecule has 4 aliphatic rings. The van der Waals surface area contributed by atoms with Gasteiger partial charge >= 0.3 is 0 Å². The number of allylic oxidation sites excluding steroid dienone is 4. The van der Waals surface area contributed by atoms with Gasteiger partial charge in [0.1, 0.15) is 6.10 Å². The number of rotatable bonds is 7. The molecule has 0 aromatic heterocycles. The third-order valence-corrected chi connectivity index (χ3v) is 13.7. The number of nitrogens with two attached hydrogens (primary N) is 2. The van der Waals surface area contributed by atoms with Crippen LogP contribution in [0, 0.1) is 51.2 Å². The van der Waals surface area contributed by atoms with Gasteiger partial charge in [-0.2, -0.15) is 0 Å². The van der Waals surface area contributed by atoms with E-state index in [1.807, 2.05) is 12.1 Å². The Labute approximate surface area is 250 Å². The number of fused-ring (bicyclic) bond motifs is 5. The van der Waals surface area contributed by atoms with E-state index in [1.165, 1.54) is 50.5 Å². The molecule has 228 valence electrons. The third kappa shape index (κ3) is 4.80. The van der Waals surface area contributed by atoms with Gasteiger partial charge in [0.25, 0.3) is 0 Å². The number of anilines is 2. The largest absolute Gasteiger partial charge is 0.399 e. The maximum Gasteiger partial charge on any atom is 0.121 e. The highest BCUT2D eigenvalue weighted by Crippen LogP contribution is 2.74. The SMILES string of the molecule is CC(C)=CCCC(C)C1CCC2(C)C3CC=C4C(C)(C)C(C(OO)c5cc(N)cc(N)c5)CCC4(C)C3CCC12C. The zero-order valence-corrected chi connectivity index (χ0v) is 27.2. The summed E-state index contributed by atoms with van der Waals surface area (Å²) in [7, 11) is 0. The van der Waals surface area contributed by atoms with Gasteiger partial charge in [0.05, 0.1) is 0 Å². The molecular weight excluding hydrogens is 504 g/mol. The van der Waals surface area contributed by atoms with Crippen molar-refractivity contribution in [3.8, 4) is 0 Å². The molecule has 9 unspecified atom stereocenters. The van der Waals surface area contributed by atoms with Gasteiger partial charge in [0.15, 0.2) is 0 Å². The van der Waals surface area contributed by atoms with E-state index in [0.29, 0.717) is 22.2 Å². The Balaban J connectivity index is 1.43. The smallest absolute Gasteiger partial charge is 0.121 e. The summed E-state index contributed by atoms with van der Waals surface area (Å²) in [6, 6.07) is 5.58. The first kappa shape index (κ1) is 30.7. The van der Waals surface area contributed by atoms with Crippen LogP contribution < -0.4 is 11.5 Å². The van der Waals surface area contributed by atoms with E-state index in [2.05, 4.69) is 67.5 Å². The molecule has 5 rings (SSSR count). The second-order valence-electron chi connectivity index (χ2n) is 16.2. The van der Waals surface area contributed by atoms with Gasteiger partial charge in [-0.15, -0.1) is 0 Å². The van der Waals surface area contributed by atoms with E-state index in [4.69, 9.17) is 16.4 Å². The van der Waals surface area contributed by atoms with Crippen LogP contribution in [-0.4, -0.2) is 5.26 Å². The molecule has 41 heavy (non-hydrogen) atoms. The minimum absolute atomic E-state index is 0.107. The summed E-state index contributed by atoms with van der Waals surface area (Å²) in [6.07, 6.45) is 16.0. The van der Waals surface area contributed by atoms with Crippen LogP contribution in [0.3, 0.4) is 0 Å². The molecule has 1 aromatic rings. The highest BCUT2D eigenvalue weighted by atomic mass is 17.1. The van der Waals surface area contributed by atoms with Gasteiger partial charge in [0, 0.05) is 17.3 Å². The minimum atomic E-state index is -0.449. The van der Waals surface area contributed by atoms with Gasteiger partial charge < -0.3 is 11.5 Å². The standard InChI is InChI=1S/C37H58N2O2/c1-23(2)10-9-11-24(3)28-15-18-37(8)30-12-13-32-34(4,5)31(33(41-40)25-20-26(38)22-27(39)21-25)14-17-35(32,6)29(30)16-19-36(28,37)7/h10,13,20-22,24,28-31,33,40H,9,11-12,14-19,38-39H2,1-8H3. The van der Waals surface area contributed by atoms with Crippen LogP contribution in [0.25, 0.3) is 0 Å². The maximum absolute atomic E-state index is 10.2. The van der Waals surface area contributed by atoms with Crippen LogP contribution in [0.2, 0.25) is 0 Å². The average molecular weight is 563 g/mol. The van der Waals surface area contributed by atoms with Gasteiger partial charge in [-0.05, 0) is 141 Å². The van der Waals surface area contributed by atoms with Crippen molar-refractivity contribution in [2.75, 3.05) is 11.5 Å². The zero-order valence-electron chi connectivity index (χ0n) is 27.2. The summed E-state index contributed by atoms with van der Waals surface area (Å²) < 4.78 is 0. The van der Waals surface area contributed by atoms with Crippen LogP contribution in [0.15, 0.2) is 41.5 Å². The lowest BCUT2D eigenvalue weighted by Crippen LogP contribution is -2.57. The Morgan fingerprint density at radius 1 is 0.927 bits per heavy atom. The topological polar surface area (TPSA) is 81.5 Å². The second kappa shape index (κ2) is 10.7. The number of nitrogen functional groups attached to an aromatic ring is 2. The predicted molar refractivity (Wildman–Crippen MR) is 172 cm³/mol. The van der Waals surface area contributed by atoms with E-state index in [1.54, 1.807) is 11.6 Å². The molecule has 0 aliphatic heterocycles. The molecule has 4 nitrogen and oxygen atoms in total. The third-order valence-electron chi connectivity index (χ3n) is 13.7. The second-order valence-corrected chi connectivity index (χ2v) is 16.2. The van der Waals surface area contributed by atoms with Crippen LogP contribution in [0.1, 0.15) is 125 Å². The monoisotopic (exact) mass is 562 g/mol. The van der Waals surface area contributed by atoms with Crippen molar-refractivity contribution in [3.05, 3.63) is 47.1 Å². The Hall–Kier alpha value is -1.78. The average Bonchev–Trinajstić information content (AvgIpc) is 3.16. The van der Waals surface area contributed by atoms with E-state index in [0.717, 1.165) is 42.1 Å². The van der Waals surface area contributed by atoms with Crippen molar-refractivity contribution in [2.45, 2.75) is 119 Å². The fourth-order valence-corrected chi connectivity index (χ4v) is 11.4. The van der Waals surface area contributed by atoms with Crippen molar-refractivity contribution >= 4 is 11.4 Å². The van der Waals surface area contributed by atoms with Crippen LogP contribution in [0.4, 0.5) is 11.4 Å². The molecule has 4 aliphatic carbocycles. The minimum Gasteiger partial charge on any atom is -0.399 e. The molecule has 0 heterocycles. The van der Waals surface area contributed by atoms with Crippen LogP contribution in [0.5, 0.6) is 0 Å². The van der Waals surface area contributed by atoms with E-state index < -0.39 is 6.10 Å². The first-order valence-electron chi connectivity index (χ1n) is 16.5. The first-order valence-corrected chi connectivity index (χ1v) is 16.5. The molecule has 4 heteroatoms. The summed E-state index contributed by atoms with van der Waals surface area (Å²) in [6.45, 7) is 19.7. The molecule has 9 atom stereocenters. The van der Waals surface area contributed by atoms with Gasteiger partial charge in [-0.1, -0.05) is 64.8 Å². The molecule has 3 fully saturated rings. The van der Waals surface area contributed by atoms with Crippen molar-refractivity contribution in [1.29, 1.82) is 0 Å². The van der Waals surface area contributed by atoms with Gasteiger partial charge in [-0.3, -0.25) is 5.26 Å². The van der Waals surface area contributed by atoms with Crippen LogP contribution in [-0.2, 0) is 4.89 Å². The summed E-state index contributed by atoms with van der Waals surface area (Å²) >= 11 is 0. The molecule has 5 N–H and O–H groups in total. The molecule has 1 aromatic carbocycles. The predicted octanol–water partition coefficient (Wildman–Crippen LogP) is 9.99. The Kier molecular flexibility index (Phi) is 8.03. The van der Waals surface area contributed by atoms with Gasteiger partial charge in [-0.25, -0.2) is 4.89 Å². The van der Waals surface area contributed by atoms with E-state index in [-0.39, 0.29) is 16.7 Å². The van der Waals surface area contributed by atoms with E-state index in [9.17, 15) is 5.26 Å². The maximum atomic E-state index is 10.2. The Morgan fingerprint density at radius 3 is 2.20 bits per heavy atom. The van der Waals surface area contributed by atoms with Crippen molar-refractivity contribution in [2.24, 2.45) is 51.2 Å². The molecular formula is C37H58N2O2. The van der Waals surface area contributed by atoms with E-state index >= 15 is 0 Å². The number of hydrogen-bond donors (Lipinski definition) is 3. The summed E-state index contributed by atoms with van der Waals surface area (Å²) in [5.74, 6) is 3.22. The molecule has 0 bridgehead atoms. The van der Waals surface area contributed by atoms with Crippen molar-refractivity contribution in [1.82, 2.24) is 0 Å². The quantitative estimate of drug-likeness (QED) is 0.134. The highest BCUT2D eigenvalue weighted by molar-refractivity contribution is 5.55. The van der Waals surface area contributed by atoms with Crippen molar-refractivity contribution in [3.63, 3.8) is 0 Å². The zero-order chi connectivity index (χ0) is 30.0. The fraction of sp³-hybridized carbons (Fsp3) is 0.730. The Morgan fingerprint density at radius 2 is 1.56 bits per heavy atom. The number of hydrogen-bond acceptors (Lipinski definition) is 4. The molecule has 0 saturated heterocycles. The Bertz CT molecular complexity index is 1180. The van der Waals surface area contributed by atoms with Gasteiger partial charge in [0.2, 0.25) is 0 Å². The lowest BCUT2D eigenvalue weighted by molar-refractivity contribution is -0.303. The molecule has 0 spiro atoms. The summed E-state index contributed by atoms with van der Waals surface area (Å²) in [4.78, 5) is 5.26. The van der Waals surface area contributed by atoms with Crippen molar-refractivity contribution < 1.29 is 10.1 Å². The van der Waals surface area contributed by atoms with Crippen LogP contribution >= 0.6 is 0 Å². The summed E-state index contributed by atoms with van der Waals surface area (Å²) in [5.41, 5.74) is 18.3. The first-order chi connectivity index (χ1) is 19.2. The normalized spacial score (nSPS) is 39.1. The number of benzene rings is 1. The summed E-state index contributed by atoms with van der Waals surface area (Å²) in [5, 5.41) is 10.2. The molecule has 0 amide bonds. The highest BCUT2D eigenvalue weighted by Gasteiger charge is 2.66. The lowest BCUT2D eigenvalue weighted by Gasteiger charge is -2.65. The molecule has 3 saturated carbocycles. The fourth-order valence-electron chi connectivity index (χ4n) is 11.4. The lowest BCUT2D eigenvalue weighted by atomic mass is 9.39.